The van der Waals surface area contributed by atoms with E-state index in [1.807, 2.05) is 0 Å². The Morgan fingerprint density at radius 2 is 1.71 bits per heavy atom. The van der Waals surface area contributed by atoms with Gasteiger partial charge in [-0.1, -0.05) is 45.0 Å². The fraction of sp³-hybridized carbons (Fsp3) is 0.571. The van der Waals surface area contributed by atoms with Crippen molar-refractivity contribution in [2.24, 2.45) is 11.3 Å². The Morgan fingerprint density at radius 3 is 2.36 bits per heavy atom. The molecule has 0 N–H and O–H groups in total. The average Bonchev–Trinajstić information content (AvgIpc) is 2.16. The molecule has 0 aromatic heterocycles. The maximum atomic E-state index is 2.37. The molecule has 1 atom stereocenters. The monoisotopic (exact) mass is 188 g/mol. The lowest BCUT2D eigenvalue weighted by molar-refractivity contribution is 0.216. The lowest BCUT2D eigenvalue weighted by atomic mass is 9.71. The Kier molecular flexibility index (Phi) is 2.38. The third-order valence-corrected chi connectivity index (χ3v) is 3.57. The number of rotatable bonds is 0. The van der Waals surface area contributed by atoms with Crippen LogP contribution in [-0.2, 0) is 12.8 Å². The highest BCUT2D eigenvalue weighted by Gasteiger charge is 2.28. The molecule has 0 saturated carbocycles. The van der Waals surface area contributed by atoms with Gasteiger partial charge in [0.15, 0.2) is 0 Å². The van der Waals surface area contributed by atoms with Gasteiger partial charge >= 0.3 is 0 Å². The van der Waals surface area contributed by atoms with Gasteiger partial charge in [-0.25, -0.2) is 0 Å². The van der Waals surface area contributed by atoms with Crippen molar-refractivity contribution >= 4 is 0 Å². The van der Waals surface area contributed by atoms with Crippen molar-refractivity contribution in [2.45, 2.75) is 40.0 Å². The lowest BCUT2D eigenvalue weighted by Crippen LogP contribution is -2.26. The molecule has 0 amide bonds. The van der Waals surface area contributed by atoms with E-state index in [2.05, 4.69) is 45.0 Å². The Hall–Kier alpha value is -0.780. The standard InChI is InChI=1S/C14H20/c1-14(2,3)13-9-8-11-6-4-5-7-12(11)10-13/h4-7,13H,8-10H2,1-3H3/t13-/m1/s1. The number of benzene rings is 1. The third kappa shape index (κ3) is 1.84. The first-order valence-electron chi connectivity index (χ1n) is 5.64. The summed E-state index contributed by atoms with van der Waals surface area (Å²) in [7, 11) is 0. The van der Waals surface area contributed by atoms with Gasteiger partial charge in [0.2, 0.25) is 0 Å². The highest BCUT2D eigenvalue weighted by atomic mass is 14.3. The van der Waals surface area contributed by atoms with Gasteiger partial charge in [-0.2, -0.15) is 0 Å². The van der Waals surface area contributed by atoms with Gasteiger partial charge in [0.25, 0.3) is 0 Å². The van der Waals surface area contributed by atoms with Crippen molar-refractivity contribution in [1.29, 1.82) is 0 Å². The Bertz CT molecular complexity index is 317. The summed E-state index contributed by atoms with van der Waals surface area (Å²) in [5.74, 6) is 0.859. The van der Waals surface area contributed by atoms with E-state index >= 15 is 0 Å². The summed E-state index contributed by atoms with van der Waals surface area (Å²) in [6, 6.07) is 8.92. The van der Waals surface area contributed by atoms with Crippen molar-refractivity contribution in [2.75, 3.05) is 0 Å². The topological polar surface area (TPSA) is 0 Å². The van der Waals surface area contributed by atoms with Crippen LogP contribution in [0.25, 0.3) is 0 Å². The summed E-state index contributed by atoms with van der Waals surface area (Å²) in [6.45, 7) is 7.10. The minimum absolute atomic E-state index is 0.466. The van der Waals surface area contributed by atoms with Gasteiger partial charge < -0.3 is 0 Å². The van der Waals surface area contributed by atoms with Crippen LogP contribution in [0.5, 0.6) is 0 Å². The second-order valence-corrected chi connectivity index (χ2v) is 5.57. The largest absolute Gasteiger partial charge is 0.0620 e. The molecular formula is C14H20. The number of fused-ring (bicyclic) bond motifs is 1. The zero-order chi connectivity index (χ0) is 10.2. The summed E-state index contributed by atoms with van der Waals surface area (Å²) in [5.41, 5.74) is 3.62. The minimum atomic E-state index is 0.466. The molecule has 14 heavy (non-hydrogen) atoms. The lowest BCUT2D eigenvalue weighted by Gasteiger charge is -2.34. The van der Waals surface area contributed by atoms with Crippen molar-refractivity contribution in [3.05, 3.63) is 35.4 Å². The van der Waals surface area contributed by atoms with Crippen LogP contribution in [-0.4, -0.2) is 0 Å². The Morgan fingerprint density at radius 1 is 1.07 bits per heavy atom. The van der Waals surface area contributed by atoms with E-state index in [-0.39, 0.29) is 0 Å². The van der Waals surface area contributed by atoms with Gasteiger partial charge in [0.05, 0.1) is 0 Å². The van der Waals surface area contributed by atoms with Crippen molar-refractivity contribution in [3.8, 4) is 0 Å². The van der Waals surface area contributed by atoms with Crippen LogP contribution >= 0.6 is 0 Å². The molecule has 2 rings (SSSR count). The first kappa shape index (κ1) is 9.76. The summed E-state index contributed by atoms with van der Waals surface area (Å²) < 4.78 is 0. The summed E-state index contributed by atoms with van der Waals surface area (Å²) >= 11 is 0. The predicted octanol–water partition coefficient (Wildman–Crippen LogP) is 3.84. The molecule has 0 nitrogen and oxygen atoms in total. The predicted molar refractivity (Wildman–Crippen MR) is 61.4 cm³/mol. The zero-order valence-corrected chi connectivity index (χ0v) is 9.51. The van der Waals surface area contributed by atoms with Crippen LogP contribution in [0.3, 0.4) is 0 Å². The smallest absolute Gasteiger partial charge is 0.0243 e. The van der Waals surface area contributed by atoms with Crippen LogP contribution in [0.15, 0.2) is 24.3 Å². The van der Waals surface area contributed by atoms with E-state index in [1.54, 1.807) is 11.1 Å². The molecule has 0 radical (unpaired) electrons. The number of hydrogen-bond acceptors (Lipinski definition) is 0. The third-order valence-electron chi connectivity index (χ3n) is 3.57. The number of hydrogen-bond donors (Lipinski definition) is 0. The molecule has 0 saturated heterocycles. The normalized spacial score (nSPS) is 21.8. The summed E-state index contributed by atoms with van der Waals surface area (Å²) in [5, 5.41) is 0. The summed E-state index contributed by atoms with van der Waals surface area (Å²) in [6.07, 6.45) is 3.91. The molecule has 1 aliphatic rings. The molecular weight excluding hydrogens is 168 g/mol. The fourth-order valence-corrected chi connectivity index (χ4v) is 2.44. The number of aryl methyl sites for hydroxylation is 1. The SMILES string of the molecule is CC(C)(C)[C@@H]1CCc2ccccc2C1. The molecule has 76 valence electrons. The van der Waals surface area contributed by atoms with Crippen molar-refractivity contribution in [1.82, 2.24) is 0 Å². The maximum Gasteiger partial charge on any atom is -0.0243 e. The molecule has 0 fully saturated rings. The molecule has 0 bridgehead atoms. The maximum absolute atomic E-state index is 2.37. The zero-order valence-electron chi connectivity index (χ0n) is 9.51. The van der Waals surface area contributed by atoms with Gasteiger partial charge in [-0.15, -0.1) is 0 Å². The minimum Gasteiger partial charge on any atom is -0.0620 e. The molecule has 0 aliphatic heterocycles. The highest BCUT2D eigenvalue weighted by Crippen LogP contribution is 2.36. The molecule has 0 heterocycles. The first-order chi connectivity index (χ1) is 6.57. The van der Waals surface area contributed by atoms with Crippen LogP contribution < -0.4 is 0 Å². The Balaban J connectivity index is 2.22. The first-order valence-corrected chi connectivity index (χ1v) is 5.64. The van der Waals surface area contributed by atoms with Crippen molar-refractivity contribution < 1.29 is 0 Å². The van der Waals surface area contributed by atoms with Gasteiger partial charge in [0, 0.05) is 0 Å². The van der Waals surface area contributed by atoms with E-state index in [0.29, 0.717) is 5.41 Å². The average molecular weight is 188 g/mol. The second-order valence-electron chi connectivity index (χ2n) is 5.57. The van der Waals surface area contributed by atoms with E-state index in [4.69, 9.17) is 0 Å². The molecule has 0 heteroatoms. The van der Waals surface area contributed by atoms with E-state index in [0.717, 1.165) is 5.92 Å². The van der Waals surface area contributed by atoms with E-state index in [1.165, 1.54) is 19.3 Å². The quantitative estimate of drug-likeness (QED) is 0.580. The molecule has 1 aromatic rings. The van der Waals surface area contributed by atoms with Crippen LogP contribution in [0.4, 0.5) is 0 Å². The van der Waals surface area contributed by atoms with Crippen LogP contribution in [0.1, 0.15) is 38.3 Å². The van der Waals surface area contributed by atoms with E-state index in [9.17, 15) is 0 Å². The fourth-order valence-electron chi connectivity index (χ4n) is 2.44. The Labute approximate surface area is 87.3 Å². The van der Waals surface area contributed by atoms with E-state index < -0.39 is 0 Å². The molecule has 1 aromatic carbocycles. The molecule has 0 spiro atoms. The van der Waals surface area contributed by atoms with Crippen molar-refractivity contribution in [3.63, 3.8) is 0 Å². The molecule has 1 aliphatic carbocycles. The second kappa shape index (κ2) is 3.42. The van der Waals surface area contributed by atoms with Crippen LogP contribution in [0, 0.1) is 11.3 Å². The highest BCUT2D eigenvalue weighted by molar-refractivity contribution is 5.29. The van der Waals surface area contributed by atoms with Crippen LogP contribution in [0.2, 0.25) is 0 Å². The summed E-state index contributed by atoms with van der Waals surface area (Å²) in [4.78, 5) is 0. The molecule has 0 unspecified atom stereocenters. The van der Waals surface area contributed by atoms with Gasteiger partial charge in [-0.3, -0.25) is 0 Å². The van der Waals surface area contributed by atoms with Gasteiger partial charge in [-0.05, 0) is 41.7 Å². The van der Waals surface area contributed by atoms with Gasteiger partial charge in [0.1, 0.15) is 0 Å².